The Kier molecular flexibility index (Phi) is 7.75. The number of carbonyl (C=O) groups excluding carboxylic acids is 1. The second-order valence-electron chi connectivity index (χ2n) is 10.1. The third-order valence-electron chi connectivity index (χ3n) is 7.02. The number of nitrogens with zero attached hydrogens (tertiary/aromatic N) is 4. The van der Waals surface area contributed by atoms with Crippen LogP contribution in [0.3, 0.4) is 0 Å². The van der Waals surface area contributed by atoms with E-state index in [9.17, 15) is 4.79 Å². The highest BCUT2D eigenvalue weighted by atomic mass is 32.2. The van der Waals surface area contributed by atoms with E-state index < -0.39 is 8.07 Å². The third kappa shape index (κ3) is 4.76. The standard InChI is InChI=1S/C25H37N5OSSi/c1-15(2)21-14-27-25(31)30(21)22-12-19(20-13-26-24(32-9)29-23(20)28-22)10-11-33(16(3)4,17(5)6)18(7)8/h12-13,15-18,21H,14H2,1-9H3,(H,27,31). The van der Waals surface area contributed by atoms with Gasteiger partial charge in [0, 0.05) is 18.3 Å². The lowest BCUT2D eigenvalue weighted by Crippen LogP contribution is -2.43. The molecule has 1 aliphatic heterocycles. The number of rotatable bonds is 6. The fourth-order valence-electron chi connectivity index (χ4n) is 5.24. The van der Waals surface area contributed by atoms with Crippen molar-refractivity contribution in [2.45, 2.75) is 83.2 Å². The summed E-state index contributed by atoms with van der Waals surface area (Å²) in [6.07, 6.45) is 3.77. The van der Waals surface area contributed by atoms with Crippen LogP contribution in [0.15, 0.2) is 17.4 Å². The summed E-state index contributed by atoms with van der Waals surface area (Å²) in [7, 11) is -1.93. The van der Waals surface area contributed by atoms with Crippen LogP contribution in [0, 0.1) is 17.4 Å². The predicted octanol–water partition coefficient (Wildman–Crippen LogP) is 5.87. The van der Waals surface area contributed by atoms with Gasteiger partial charge in [-0.05, 0) is 34.9 Å². The van der Waals surface area contributed by atoms with Crippen LogP contribution in [-0.4, -0.2) is 47.9 Å². The van der Waals surface area contributed by atoms with Gasteiger partial charge in [0.1, 0.15) is 13.9 Å². The molecule has 1 aliphatic rings. The topological polar surface area (TPSA) is 71.0 Å². The van der Waals surface area contributed by atoms with Gasteiger partial charge in [-0.1, -0.05) is 73.1 Å². The average Bonchev–Trinajstić information content (AvgIpc) is 3.14. The van der Waals surface area contributed by atoms with Crippen LogP contribution in [0.1, 0.15) is 61.0 Å². The van der Waals surface area contributed by atoms with Crippen molar-refractivity contribution in [2.75, 3.05) is 17.7 Å². The highest BCUT2D eigenvalue weighted by Crippen LogP contribution is 2.41. The molecule has 0 aliphatic carbocycles. The number of amides is 2. The summed E-state index contributed by atoms with van der Waals surface area (Å²) in [5.41, 5.74) is 6.85. The van der Waals surface area contributed by atoms with E-state index in [1.165, 1.54) is 11.8 Å². The first-order chi connectivity index (χ1) is 15.5. The maximum atomic E-state index is 12.8. The molecule has 8 heteroatoms. The summed E-state index contributed by atoms with van der Waals surface area (Å²) >= 11 is 1.48. The zero-order chi connectivity index (χ0) is 24.5. The third-order valence-corrected chi connectivity index (χ3v) is 13.9. The number of pyridine rings is 1. The van der Waals surface area contributed by atoms with Crippen molar-refractivity contribution < 1.29 is 4.79 Å². The number of anilines is 1. The number of carbonyl (C=O) groups is 1. The van der Waals surface area contributed by atoms with E-state index in [1.54, 1.807) is 4.90 Å². The predicted molar refractivity (Wildman–Crippen MR) is 142 cm³/mol. The summed E-state index contributed by atoms with van der Waals surface area (Å²) in [6, 6.07) is 1.88. The van der Waals surface area contributed by atoms with Gasteiger partial charge in [-0.3, -0.25) is 4.90 Å². The molecule has 0 saturated carbocycles. The van der Waals surface area contributed by atoms with Crippen molar-refractivity contribution in [1.82, 2.24) is 20.3 Å². The van der Waals surface area contributed by atoms with Crippen molar-refractivity contribution in [1.29, 1.82) is 0 Å². The van der Waals surface area contributed by atoms with Gasteiger partial charge in [-0.15, -0.1) is 5.54 Å². The molecule has 0 aromatic carbocycles. The fourth-order valence-corrected chi connectivity index (χ4v) is 10.8. The molecule has 0 radical (unpaired) electrons. The average molecular weight is 484 g/mol. The Balaban J connectivity index is 2.26. The molecule has 6 nitrogen and oxygen atoms in total. The second kappa shape index (κ2) is 10.0. The molecule has 1 fully saturated rings. The quantitative estimate of drug-likeness (QED) is 0.241. The first-order valence-electron chi connectivity index (χ1n) is 11.8. The Morgan fingerprint density at radius 2 is 1.73 bits per heavy atom. The summed E-state index contributed by atoms with van der Waals surface area (Å²) in [6.45, 7) is 18.7. The molecule has 0 spiro atoms. The highest BCUT2D eigenvalue weighted by Gasteiger charge is 2.42. The summed E-state index contributed by atoms with van der Waals surface area (Å²) < 4.78 is 0. The molecule has 0 bridgehead atoms. The van der Waals surface area contributed by atoms with Crippen LogP contribution in [0.25, 0.3) is 11.0 Å². The Labute approximate surface area is 203 Å². The lowest BCUT2D eigenvalue weighted by atomic mass is 10.0. The largest absolute Gasteiger partial charge is 0.336 e. The number of aromatic nitrogens is 3. The van der Waals surface area contributed by atoms with Gasteiger partial charge in [0.05, 0.1) is 11.4 Å². The van der Waals surface area contributed by atoms with E-state index in [4.69, 9.17) is 4.98 Å². The molecule has 1 N–H and O–H groups in total. The van der Waals surface area contributed by atoms with Crippen LogP contribution < -0.4 is 10.2 Å². The number of nitrogens with one attached hydrogen (secondary N) is 1. The van der Waals surface area contributed by atoms with Crippen molar-refractivity contribution in [2.24, 2.45) is 5.92 Å². The monoisotopic (exact) mass is 483 g/mol. The van der Waals surface area contributed by atoms with Crippen molar-refractivity contribution in [3.63, 3.8) is 0 Å². The maximum Gasteiger partial charge on any atom is 0.323 e. The minimum atomic E-state index is -1.93. The molecule has 33 heavy (non-hydrogen) atoms. The van der Waals surface area contributed by atoms with E-state index in [2.05, 4.69) is 82.1 Å². The van der Waals surface area contributed by atoms with Gasteiger partial charge in [-0.25, -0.2) is 19.7 Å². The van der Waals surface area contributed by atoms with Gasteiger partial charge in [0.2, 0.25) is 0 Å². The molecule has 1 unspecified atom stereocenters. The van der Waals surface area contributed by atoms with Crippen LogP contribution in [-0.2, 0) is 0 Å². The minimum Gasteiger partial charge on any atom is -0.336 e. The first kappa shape index (κ1) is 25.5. The lowest BCUT2D eigenvalue weighted by molar-refractivity contribution is 0.251. The van der Waals surface area contributed by atoms with Gasteiger partial charge >= 0.3 is 6.03 Å². The van der Waals surface area contributed by atoms with E-state index in [0.29, 0.717) is 45.7 Å². The van der Waals surface area contributed by atoms with Crippen LogP contribution in [0.5, 0.6) is 0 Å². The van der Waals surface area contributed by atoms with Gasteiger partial charge in [0.25, 0.3) is 0 Å². The number of fused-ring (bicyclic) bond motifs is 1. The van der Waals surface area contributed by atoms with E-state index in [0.717, 1.165) is 10.9 Å². The molecule has 2 aromatic heterocycles. The van der Waals surface area contributed by atoms with Crippen molar-refractivity contribution in [3.05, 3.63) is 17.8 Å². The summed E-state index contributed by atoms with van der Waals surface area (Å²) in [4.78, 5) is 28.5. The van der Waals surface area contributed by atoms with Gasteiger partial charge < -0.3 is 5.32 Å². The summed E-state index contributed by atoms with van der Waals surface area (Å²) in [5.74, 6) is 4.47. The van der Waals surface area contributed by atoms with Crippen LogP contribution in [0.2, 0.25) is 16.6 Å². The Bertz CT molecular complexity index is 1070. The lowest BCUT2D eigenvalue weighted by Gasteiger charge is -2.38. The highest BCUT2D eigenvalue weighted by molar-refractivity contribution is 7.98. The molecule has 178 valence electrons. The molecule has 1 saturated heterocycles. The number of hydrogen-bond donors (Lipinski definition) is 1. The number of hydrogen-bond acceptors (Lipinski definition) is 5. The molecular weight excluding hydrogens is 446 g/mol. The number of thioether (sulfide) groups is 1. The molecular formula is C25H37N5OSSi. The van der Waals surface area contributed by atoms with Crippen molar-refractivity contribution >= 4 is 42.7 Å². The van der Waals surface area contributed by atoms with Crippen LogP contribution >= 0.6 is 11.8 Å². The van der Waals surface area contributed by atoms with Crippen LogP contribution in [0.4, 0.5) is 10.6 Å². The smallest absolute Gasteiger partial charge is 0.323 e. The normalized spacial score (nSPS) is 16.8. The molecule has 2 amide bonds. The zero-order valence-corrected chi connectivity index (χ0v) is 23.2. The Hall–Kier alpha value is -2.11. The molecule has 3 heterocycles. The minimum absolute atomic E-state index is 0.0422. The van der Waals surface area contributed by atoms with E-state index >= 15 is 0 Å². The Morgan fingerprint density at radius 1 is 1.09 bits per heavy atom. The zero-order valence-electron chi connectivity index (χ0n) is 21.4. The maximum absolute atomic E-state index is 12.8. The van der Waals surface area contributed by atoms with Gasteiger partial charge in [0.15, 0.2) is 10.8 Å². The Morgan fingerprint density at radius 3 is 2.27 bits per heavy atom. The van der Waals surface area contributed by atoms with E-state index in [-0.39, 0.29) is 12.1 Å². The first-order valence-corrected chi connectivity index (χ1v) is 15.3. The number of urea groups is 1. The van der Waals surface area contributed by atoms with Crippen molar-refractivity contribution in [3.8, 4) is 11.5 Å². The molecule has 2 aromatic rings. The SMILES string of the molecule is CSc1ncc2c(C#C[Si](C(C)C)(C(C)C)C(C)C)cc(N3C(=O)NCC3C(C)C)nc2n1. The van der Waals surface area contributed by atoms with Gasteiger partial charge in [-0.2, -0.15) is 0 Å². The fraction of sp³-hybridized carbons (Fsp3) is 0.600. The second-order valence-corrected chi connectivity index (χ2v) is 16.5. The summed E-state index contributed by atoms with van der Waals surface area (Å²) in [5, 5.41) is 4.47. The molecule has 3 rings (SSSR count). The molecule has 1 atom stereocenters. The van der Waals surface area contributed by atoms with E-state index in [1.807, 2.05) is 18.5 Å².